The van der Waals surface area contributed by atoms with Gasteiger partial charge in [0.15, 0.2) is 6.19 Å². The highest BCUT2D eigenvalue weighted by Gasteiger charge is 2.45. The van der Waals surface area contributed by atoms with E-state index in [1.807, 2.05) is 24.3 Å². The van der Waals surface area contributed by atoms with Crippen LogP contribution in [-0.2, 0) is 16.0 Å². The number of esters is 1. The molecule has 0 saturated heterocycles. The number of fused-ring (bicyclic) bond motifs is 4. The van der Waals surface area contributed by atoms with Crippen LogP contribution in [0.1, 0.15) is 36.6 Å². The standard InChI is InChI=1S/C22H27N3O4/c1-29-22(28)20-16-10-19(27)21-15(14-4-2-3-5-17(14)24-21)8-9-25(12-23)11-13(16)6-7-18(20)26/h2-5,13,16,18-20,24,26-27H,6-11H2,1H3/t13-,16-,18-,19-,20+/m0/s1. The minimum atomic E-state index is -0.795. The van der Waals surface area contributed by atoms with Crippen molar-refractivity contribution in [1.29, 1.82) is 5.26 Å². The van der Waals surface area contributed by atoms with Gasteiger partial charge in [-0.15, -0.1) is 0 Å². The minimum Gasteiger partial charge on any atom is -0.469 e. The number of benzene rings is 1. The van der Waals surface area contributed by atoms with Crippen molar-refractivity contribution in [2.24, 2.45) is 17.8 Å². The number of nitrogens with one attached hydrogen (secondary N) is 1. The fourth-order valence-electron chi connectivity index (χ4n) is 5.25. The van der Waals surface area contributed by atoms with Crippen LogP contribution < -0.4 is 0 Å². The van der Waals surface area contributed by atoms with Crippen molar-refractivity contribution >= 4 is 16.9 Å². The maximum atomic E-state index is 12.5. The molecular weight excluding hydrogens is 370 g/mol. The quantitative estimate of drug-likeness (QED) is 0.502. The Morgan fingerprint density at radius 2 is 2.10 bits per heavy atom. The van der Waals surface area contributed by atoms with Gasteiger partial charge < -0.3 is 24.8 Å². The summed E-state index contributed by atoms with van der Waals surface area (Å²) >= 11 is 0. The van der Waals surface area contributed by atoms with E-state index in [-0.39, 0.29) is 11.8 Å². The Labute approximate surface area is 169 Å². The van der Waals surface area contributed by atoms with Gasteiger partial charge in [-0.3, -0.25) is 4.79 Å². The largest absolute Gasteiger partial charge is 0.469 e. The zero-order chi connectivity index (χ0) is 20.5. The van der Waals surface area contributed by atoms with Crippen LogP contribution in [0.4, 0.5) is 0 Å². The van der Waals surface area contributed by atoms with Gasteiger partial charge in [-0.25, -0.2) is 0 Å². The van der Waals surface area contributed by atoms with Gasteiger partial charge in [-0.05, 0) is 49.1 Å². The number of ether oxygens (including phenoxy) is 1. The molecule has 2 heterocycles. The number of para-hydroxylation sites is 1. The molecule has 1 aromatic carbocycles. The Hall–Kier alpha value is -2.56. The van der Waals surface area contributed by atoms with Gasteiger partial charge in [0.1, 0.15) is 0 Å². The third kappa shape index (κ3) is 3.59. The summed E-state index contributed by atoms with van der Waals surface area (Å²) in [4.78, 5) is 17.6. The highest BCUT2D eigenvalue weighted by atomic mass is 16.5. The number of rotatable bonds is 1. The van der Waals surface area contributed by atoms with Crippen LogP contribution in [0.3, 0.4) is 0 Å². The number of hydrogen-bond acceptors (Lipinski definition) is 6. The molecule has 0 amide bonds. The Balaban J connectivity index is 1.77. The van der Waals surface area contributed by atoms with E-state index >= 15 is 0 Å². The molecule has 1 saturated carbocycles. The molecule has 5 atom stereocenters. The number of methoxy groups -OCH3 is 1. The summed E-state index contributed by atoms with van der Waals surface area (Å²) < 4.78 is 4.98. The van der Waals surface area contributed by atoms with E-state index in [0.29, 0.717) is 38.8 Å². The molecule has 29 heavy (non-hydrogen) atoms. The van der Waals surface area contributed by atoms with Crippen LogP contribution in [0.25, 0.3) is 10.9 Å². The minimum absolute atomic E-state index is 0.0303. The fourth-order valence-corrected chi connectivity index (χ4v) is 5.25. The Kier molecular flexibility index (Phi) is 5.48. The number of carbonyl (C=O) groups excluding carboxylic acids is 1. The number of nitriles is 1. The van der Waals surface area contributed by atoms with Gasteiger partial charge in [0.2, 0.25) is 0 Å². The molecule has 1 aliphatic heterocycles. The average molecular weight is 397 g/mol. The first-order valence-corrected chi connectivity index (χ1v) is 10.2. The van der Waals surface area contributed by atoms with E-state index in [1.54, 1.807) is 4.90 Å². The molecule has 154 valence electrons. The topological polar surface area (TPSA) is 110 Å². The van der Waals surface area contributed by atoms with E-state index in [9.17, 15) is 20.3 Å². The van der Waals surface area contributed by atoms with E-state index in [1.165, 1.54) is 7.11 Å². The second kappa shape index (κ2) is 8.05. The number of carbonyl (C=O) groups is 1. The predicted octanol–water partition coefficient (Wildman–Crippen LogP) is 2.11. The maximum absolute atomic E-state index is 12.5. The van der Waals surface area contributed by atoms with E-state index in [2.05, 4.69) is 11.2 Å². The van der Waals surface area contributed by atoms with Crippen LogP contribution in [0.15, 0.2) is 24.3 Å². The molecule has 0 unspecified atom stereocenters. The zero-order valence-corrected chi connectivity index (χ0v) is 16.5. The van der Waals surface area contributed by atoms with Crippen molar-refractivity contribution in [1.82, 2.24) is 9.88 Å². The van der Waals surface area contributed by atoms with Gasteiger partial charge in [-0.1, -0.05) is 18.2 Å². The number of H-pyrrole nitrogens is 1. The second-order valence-electron chi connectivity index (χ2n) is 8.23. The van der Waals surface area contributed by atoms with Gasteiger partial charge in [-0.2, -0.15) is 5.26 Å². The monoisotopic (exact) mass is 397 g/mol. The van der Waals surface area contributed by atoms with E-state index < -0.39 is 24.1 Å². The van der Waals surface area contributed by atoms with E-state index in [0.717, 1.165) is 22.2 Å². The number of aromatic amines is 1. The highest BCUT2D eigenvalue weighted by Crippen LogP contribution is 2.43. The molecule has 0 bridgehead atoms. The van der Waals surface area contributed by atoms with Gasteiger partial charge >= 0.3 is 5.97 Å². The summed E-state index contributed by atoms with van der Waals surface area (Å²) in [5.41, 5.74) is 2.70. The number of aliphatic hydroxyl groups is 2. The Morgan fingerprint density at radius 3 is 2.86 bits per heavy atom. The molecule has 0 radical (unpaired) electrons. The molecule has 0 spiro atoms. The molecule has 1 aliphatic carbocycles. The summed E-state index contributed by atoms with van der Waals surface area (Å²) in [6.45, 7) is 1.07. The molecule has 4 rings (SSSR count). The summed E-state index contributed by atoms with van der Waals surface area (Å²) in [6, 6.07) is 7.90. The number of aliphatic hydroxyl groups excluding tert-OH is 2. The lowest BCUT2D eigenvalue weighted by Crippen LogP contribution is -2.47. The van der Waals surface area contributed by atoms with Crippen molar-refractivity contribution < 1.29 is 19.7 Å². The summed E-state index contributed by atoms with van der Waals surface area (Å²) in [5, 5.41) is 32.4. The first-order valence-electron chi connectivity index (χ1n) is 10.2. The number of hydrogen-bond donors (Lipinski definition) is 3. The number of aromatic nitrogens is 1. The molecule has 2 aliphatic rings. The van der Waals surface area contributed by atoms with Gasteiger partial charge in [0.05, 0.1) is 25.2 Å². The van der Waals surface area contributed by atoms with Crippen LogP contribution in [0, 0.1) is 29.2 Å². The van der Waals surface area contributed by atoms with Gasteiger partial charge in [0.25, 0.3) is 0 Å². The highest BCUT2D eigenvalue weighted by molar-refractivity contribution is 5.84. The zero-order valence-electron chi connectivity index (χ0n) is 16.5. The van der Waals surface area contributed by atoms with Crippen LogP contribution in [0.2, 0.25) is 0 Å². The SMILES string of the molecule is COC(=O)[C@@H]1[C@H]2C[C@H](O)c3[nH]c4ccccc4c3CCN(C#N)C[C@@H]2CC[C@@H]1O. The summed E-state index contributed by atoms with van der Waals surface area (Å²) in [7, 11) is 1.33. The number of nitrogens with zero attached hydrogens (tertiary/aromatic N) is 2. The molecule has 1 aromatic heterocycles. The predicted molar refractivity (Wildman–Crippen MR) is 106 cm³/mol. The third-order valence-electron chi connectivity index (χ3n) is 6.69. The molecule has 2 aromatic rings. The molecule has 1 fully saturated rings. The van der Waals surface area contributed by atoms with Gasteiger partial charge in [0, 0.05) is 29.7 Å². The van der Waals surface area contributed by atoms with Crippen LogP contribution in [0.5, 0.6) is 0 Å². The van der Waals surface area contributed by atoms with Crippen molar-refractivity contribution in [2.75, 3.05) is 20.2 Å². The van der Waals surface area contributed by atoms with Crippen molar-refractivity contribution in [3.63, 3.8) is 0 Å². The maximum Gasteiger partial charge on any atom is 0.311 e. The third-order valence-corrected chi connectivity index (χ3v) is 6.69. The smallest absolute Gasteiger partial charge is 0.311 e. The molecular formula is C22H27N3O4. The second-order valence-corrected chi connectivity index (χ2v) is 8.23. The molecule has 3 N–H and O–H groups in total. The van der Waals surface area contributed by atoms with Crippen LogP contribution in [-0.4, -0.2) is 52.4 Å². The first kappa shape index (κ1) is 19.7. The lowest BCUT2D eigenvalue weighted by molar-refractivity contribution is -0.158. The fraction of sp³-hybridized carbons (Fsp3) is 0.545. The lowest BCUT2D eigenvalue weighted by Gasteiger charge is -2.42. The summed E-state index contributed by atoms with van der Waals surface area (Å²) in [5.74, 6) is -1.38. The average Bonchev–Trinajstić information content (AvgIpc) is 3.10. The van der Waals surface area contributed by atoms with Crippen LogP contribution >= 0.6 is 0 Å². The van der Waals surface area contributed by atoms with Crippen molar-refractivity contribution in [2.45, 2.75) is 37.9 Å². The molecule has 7 nitrogen and oxygen atoms in total. The molecule has 7 heteroatoms. The van der Waals surface area contributed by atoms with E-state index in [4.69, 9.17) is 4.74 Å². The Morgan fingerprint density at radius 1 is 1.31 bits per heavy atom. The first-order chi connectivity index (χ1) is 14.0. The normalized spacial score (nSPS) is 30.1. The summed E-state index contributed by atoms with van der Waals surface area (Å²) in [6.07, 6.45) is 2.91. The lowest BCUT2D eigenvalue weighted by atomic mass is 9.67. The van der Waals surface area contributed by atoms with Crippen molar-refractivity contribution in [3.05, 3.63) is 35.5 Å². The van der Waals surface area contributed by atoms with Crippen molar-refractivity contribution in [3.8, 4) is 6.19 Å². The Bertz CT molecular complexity index is 934.